The van der Waals surface area contributed by atoms with Gasteiger partial charge in [0.1, 0.15) is 0 Å². The molecule has 16 aromatic rings. The standard InChI is InChI=1S/C78H54N2SSi2/c1-7-26-55(27-8-1)65-42-24-44-72-77(65)67-41-19-21-43-70(67)80(72)57-48-50-71-69(53-57)78-73(45-25-47-76(78)83(60-33-13-4-14-34-60,61-35-15-5-16-36-61)62-37-17-6-18-38-62)79(71)56-28-23-39-63(52-56)82(58-29-9-2-10-30-58,59-31-11-3-12-32-59)64-49-51-75-68(54-64)66-40-20-22-46-74(66)81-75/h1-54H. The summed E-state index contributed by atoms with van der Waals surface area (Å²) in [7, 11) is -6.17. The number of nitrogens with zero attached hydrogens (tertiary/aromatic N) is 2. The molecule has 0 spiro atoms. The fourth-order valence-corrected chi connectivity index (χ4v) is 25.1. The lowest BCUT2D eigenvalue weighted by molar-refractivity contribution is 1.17. The molecular formula is C78H54N2SSi2. The highest BCUT2D eigenvalue weighted by Crippen LogP contribution is 2.41. The van der Waals surface area contributed by atoms with E-state index in [4.69, 9.17) is 0 Å². The lowest BCUT2D eigenvalue weighted by Crippen LogP contribution is -2.74. The Hall–Kier alpha value is -9.89. The SMILES string of the molecule is c1ccc(-c2cccc3c2c2ccccc2n3-c2ccc3c(c2)c2c([Si](c4ccccc4)(c4ccccc4)c4ccccc4)cccc2n3-c2cccc([Si](c3ccccc3)(c3ccccc3)c3ccc4sc5ccccc5c4c3)c2)cc1. The first kappa shape index (κ1) is 49.0. The molecule has 0 aliphatic heterocycles. The van der Waals surface area contributed by atoms with E-state index in [1.54, 1.807) is 0 Å². The van der Waals surface area contributed by atoms with Crippen molar-refractivity contribution in [2.75, 3.05) is 0 Å². The Balaban J connectivity index is 1.03. The molecule has 0 amide bonds. The van der Waals surface area contributed by atoms with Crippen LogP contribution >= 0.6 is 11.3 Å². The molecule has 83 heavy (non-hydrogen) atoms. The molecule has 0 N–H and O–H groups in total. The summed E-state index contributed by atoms with van der Waals surface area (Å²) in [5, 5.41) is 18.4. The van der Waals surface area contributed by atoms with Crippen LogP contribution in [0.15, 0.2) is 328 Å². The van der Waals surface area contributed by atoms with Gasteiger partial charge in [-0.1, -0.05) is 267 Å². The van der Waals surface area contributed by atoms with Crippen LogP contribution < -0.4 is 41.5 Å². The van der Waals surface area contributed by atoms with E-state index in [2.05, 4.69) is 337 Å². The van der Waals surface area contributed by atoms with Crippen molar-refractivity contribution in [3.8, 4) is 22.5 Å². The number of para-hydroxylation sites is 1. The first-order valence-corrected chi connectivity index (χ1v) is 33.5. The number of thiophene rings is 1. The van der Waals surface area contributed by atoms with Crippen LogP contribution in [0.4, 0.5) is 0 Å². The van der Waals surface area contributed by atoms with E-state index in [0.29, 0.717) is 0 Å². The smallest absolute Gasteiger partial charge is 0.180 e. The van der Waals surface area contributed by atoms with Gasteiger partial charge >= 0.3 is 0 Å². The minimum atomic E-state index is -3.11. The summed E-state index contributed by atoms with van der Waals surface area (Å²) in [4.78, 5) is 0. The first-order chi connectivity index (χ1) is 41.2. The Bertz CT molecular complexity index is 4940. The van der Waals surface area contributed by atoms with Crippen molar-refractivity contribution < 1.29 is 0 Å². The van der Waals surface area contributed by atoms with Crippen molar-refractivity contribution in [3.05, 3.63) is 328 Å². The Kier molecular flexibility index (Phi) is 11.8. The second-order valence-electron chi connectivity index (χ2n) is 21.8. The minimum absolute atomic E-state index is 1.12. The van der Waals surface area contributed by atoms with Gasteiger partial charge < -0.3 is 9.13 Å². The minimum Gasteiger partial charge on any atom is -0.309 e. The molecule has 16 rings (SSSR count). The Morgan fingerprint density at radius 2 is 0.687 bits per heavy atom. The predicted molar refractivity (Wildman–Crippen MR) is 361 cm³/mol. The Morgan fingerprint density at radius 3 is 1.31 bits per heavy atom. The third-order valence-electron chi connectivity index (χ3n) is 17.6. The van der Waals surface area contributed by atoms with Gasteiger partial charge in [-0.25, -0.2) is 0 Å². The van der Waals surface area contributed by atoms with Crippen LogP contribution in [0.1, 0.15) is 0 Å². The predicted octanol–water partition coefficient (Wildman–Crippen LogP) is 14.7. The molecule has 0 unspecified atom stereocenters. The van der Waals surface area contributed by atoms with Crippen molar-refractivity contribution in [3.63, 3.8) is 0 Å². The Labute approximate surface area is 488 Å². The second kappa shape index (κ2) is 20.0. The molecule has 5 heteroatoms. The number of aromatic nitrogens is 2. The number of fused-ring (bicyclic) bond motifs is 9. The lowest BCUT2D eigenvalue weighted by atomic mass is 9.99. The Morgan fingerprint density at radius 1 is 0.241 bits per heavy atom. The summed E-state index contributed by atoms with van der Waals surface area (Å²) in [6, 6.07) is 124. The van der Waals surface area contributed by atoms with Crippen LogP contribution in [0.3, 0.4) is 0 Å². The molecule has 2 nitrogen and oxygen atoms in total. The maximum atomic E-state index is 2.59. The molecular weight excluding hydrogens is 1050 g/mol. The van der Waals surface area contributed by atoms with E-state index in [9.17, 15) is 0 Å². The summed E-state index contributed by atoms with van der Waals surface area (Å²) in [5.41, 5.74) is 9.40. The van der Waals surface area contributed by atoms with Crippen LogP contribution in [0.25, 0.3) is 86.3 Å². The van der Waals surface area contributed by atoms with Crippen LogP contribution in [0.2, 0.25) is 0 Å². The number of benzene rings is 13. The number of hydrogen-bond donors (Lipinski definition) is 0. The quantitative estimate of drug-likeness (QED) is 0.0902. The van der Waals surface area contributed by atoms with E-state index in [1.165, 1.54) is 111 Å². The lowest BCUT2D eigenvalue weighted by Gasteiger charge is -2.35. The average Bonchev–Trinajstić information content (AvgIpc) is 3.27. The van der Waals surface area contributed by atoms with Gasteiger partial charge in [-0.15, -0.1) is 11.3 Å². The second-order valence-corrected chi connectivity index (χ2v) is 30.5. The van der Waals surface area contributed by atoms with Crippen molar-refractivity contribution in [2.24, 2.45) is 0 Å². The zero-order chi connectivity index (χ0) is 54.9. The van der Waals surface area contributed by atoms with Gasteiger partial charge in [-0.3, -0.25) is 0 Å². The number of rotatable bonds is 11. The van der Waals surface area contributed by atoms with E-state index >= 15 is 0 Å². The van der Waals surface area contributed by atoms with Gasteiger partial charge in [-0.05, 0) is 113 Å². The fourth-order valence-electron chi connectivity index (χ4n) is 14.2. The van der Waals surface area contributed by atoms with Crippen molar-refractivity contribution in [2.45, 2.75) is 0 Å². The monoisotopic (exact) mass is 1110 g/mol. The largest absolute Gasteiger partial charge is 0.309 e. The molecule has 0 saturated heterocycles. The average molecular weight is 1110 g/mol. The van der Waals surface area contributed by atoms with E-state index in [0.717, 1.165) is 16.9 Å². The van der Waals surface area contributed by atoms with Crippen LogP contribution in [-0.4, -0.2) is 25.3 Å². The summed E-state index contributed by atoms with van der Waals surface area (Å²) in [6.07, 6.45) is 0. The zero-order valence-corrected chi connectivity index (χ0v) is 48.3. The highest BCUT2D eigenvalue weighted by atomic mass is 32.1. The summed E-state index contributed by atoms with van der Waals surface area (Å²) in [6.45, 7) is 0. The normalized spacial score (nSPS) is 12.1. The molecule has 3 aromatic heterocycles. The van der Waals surface area contributed by atoms with E-state index < -0.39 is 16.1 Å². The molecule has 390 valence electrons. The highest BCUT2D eigenvalue weighted by Gasteiger charge is 2.44. The van der Waals surface area contributed by atoms with Gasteiger partial charge in [-0.2, -0.15) is 0 Å². The molecule has 13 aromatic carbocycles. The van der Waals surface area contributed by atoms with Crippen molar-refractivity contribution in [1.29, 1.82) is 0 Å². The van der Waals surface area contributed by atoms with Gasteiger partial charge in [0.15, 0.2) is 16.1 Å². The maximum Gasteiger partial charge on any atom is 0.180 e. The fraction of sp³-hybridized carbons (Fsp3) is 0. The van der Waals surface area contributed by atoms with Crippen LogP contribution in [-0.2, 0) is 0 Å². The topological polar surface area (TPSA) is 9.86 Å². The molecule has 0 fully saturated rings. The molecule has 0 aliphatic carbocycles. The summed E-state index contributed by atoms with van der Waals surface area (Å²) >= 11 is 1.88. The highest BCUT2D eigenvalue weighted by molar-refractivity contribution is 7.26. The third-order valence-corrected chi connectivity index (χ3v) is 28.3. The molecule has 0 bridgehead atoms. The number of hydrogen-bond acceptors (Lipinski definition) is 1. The maximum absolute atomic E-state index is 3.11. The molecule has 0 atom stereocenters. The van der Waals surface area contributed by atoms with Crippen LogP contribution in [0.5, 0.6) is 0 Å². The summed E-state index contributed by atoms with van der Waals surface area (Å²) < 4.78 is 7.72. The van der Waals surface area contributed by atoms with Gasteiger partial charge in [0.25, 0.3) is 0 Å². The van der Waals surface area contributed by atoms with Gasteiger partial charge in [0.05, 0.1) is 22.1 Å². The third kappa shape index (κ3) is 7.59. The van der Waals surface area contributed by atoms with E-state index in [-0.39, 0.29) is 0 Å². The van der Waals surface area contributed by atoms with E-state index in [1.807, 2.05) is 11.3 Å². The van der Waals surface area contributed by atoms with Crippen molar-refractivity contribution in [1.82, 2.24) is 9.13 Å². The van der Waals surface area contributed by atoms with Crippen molar-refractivity contribution >= 4 is 133 Å². The molecule has 3 heterocycles. The zero-order valence-electron chi connectivity index (χ0n) is 45.5. The summed E-state index contributed by atoms with van der Waals surface area (Å²) in [5.74, 6) is 0. The molecule has 0 saturated carbocycles. The van der Waals surface area contributed by atoms with Crippen LogP contribution in [0, 0.1) is 0 Å². The van der Waals surface area contributed by atoms with Gasteiger partial charge in [0, 0.05) is 53.1 Å². The van der Waals surface area contributed by atoms with Gasteiger partial charge in [0.2, 0.25) is 0 Å². The molecule has 0 aliphatic rings. The molecule has 0 radical (unpaired) electrons. The first-order valence-electron chi connectivity index (χ1n) is 28.7.